The Morgan fingerprint density at radius 2 is 1.52 bits per heavy atom. The molecule has 0 aliphatic carbocycles. The number of hydrogen-bond donors (Lipinski definition) is 0. The molecule has 0 fully saturated rings. The second-order valence-electron chi connectivity index (χ2n) is 8.50. The summed E-state index contributed by atoms with van der Waals surface area (Å²) in [6, 6.07) is 26.5. The van der Waals surface area contributed by atoms with E-state index < -0.39 is 6.17 Å². The molecule has 0 saturated heterocycles. The van der Waals surface area contributed by atoms with Crippen molar-refractivity contribution < 1.29 is 4.39 Å². The van der Waals surface area contributed by atoms with Gasteiger partial charge in [0, 0.05) is 17.5 Å². The maximum Gasteiger partial charge on any atom is 0.104 e. The summed E-state index contributed by atoms with van der Waals surface area (Å²) in [5.41, 5.74) is 6.23. The Bertz CT molecular complexity index is 1020. The third-order valence-corrected chi connectivity index (χ3v) is 5.79. The standard InChI is InChI=1S/C30H35FN2/c1-3-5-7-13-25-14-10-11-17-28(25)23-32-33-30(26-15-8-6-9-16-26)27-20-18-24(19-21-27)22-29(31)12-4-2/h6,8-11,14-21,23,29H,3-5,7,12-13,22H2,1-2H3. The lowest BCUT2D eigenvalue weighted by atomic mass is 9.99. The number of hydrogen-bond acceptors (Lipinski definition) is 2. The number of rotatable bonds is 12. The van der Waals surface area contributed by atoms with Crippen molar-refractivity contribution in [2.24, 2.45) is 10.2 Å². The van der Waals surface area contributed by atoms with Gasteiger partial charge in [-0.1, -0.05) is 112 Å². The van der Waals surface area contributed by atoms with Crippen LogP contribution in [0.1, 0.15) is 73.8 Å². The van der Waals surface area contributed by atoms with E-state index in [0.717, 1.165) is 40.8 Å². The quantitative estimate of drug-likeness (QED) is 0.154. The molecule has 1 atom stereocenters. The molecule has 1 unspecified atom stereocenters. The molecule has 0 radical (unpaired) electrons. The Balaban J connectivity index is 1.84. The molecule has 0 spiro atoms. The molecule has 0 aliphatic rings. The molecule has 3 aromatic carbocycles. The zero-order valence-corrected chi connectivity index (χ0v) is 19.9. The fourth-order valence-electron chi connectivity index (χ4n) is 3.95. The van der Waals surface area contributed by atoms with Crippen LogP contribution < -0.4 is 0 Å². The van der Waals surface area contributed by atoms with E-state index in [1.54, 1.807) is 0 Å². The highest BCUT2D eigenvalue weighted by molar-refractivity contribution is 6.13. The first-order valence-corrected chi connectivity index (χ1v) is 12.2. The molecule has 3 rings (SSSR count). The van der Waals surface area contributed by atoms with Crippen LogP contribution in [-0.4, -0.2) is 18.1 Å². The molecule has 0 amide bonds. The maximum absolute atomic E-state index is 14.0. The van der Waals surface area contributed by atoms with Crippen molar-refractivity contribution in [1.82, 2.24) is 0 Å². The van der Waals surface area contributed by atoms with E-state index in [0.29, 0.717) is 12.8 Å². The van der Waals surface area contributed by atoms with E-state index in [-0.39, 0.29) is 0 Å². The lowest BCUT2D eigenvalue weighted by molar-refractivity contribution is 0.310. The van der Waals surface area contributed by atoms with Gasteiger partial charge >= 0.3 is 0 Å². The smallest absolute Gasteiger partial charge is 0.104 e. The molecule has 2 nitrogen and oxygen atoms in total. The maximum atomic E-state index is 14.0. The number of benzene rings is 3. The Morgan fingerprint density at radius 1 is 0.818 bits per heavy atom. The average molecular weight is 443 g/mol. The Morgan fingerprint density at radius 3 is 2.24 bits per heavy atom. The van der Waals surface area contributed by atoms with Gasteiger partial charge in [0.2, 0.25) is 0 Å². The van der Waals surface area contributed by atoms with Crippen molar-refractivity contribution in [2.75, 3.05) is 0 Å². The molecule has 0 aliphatic heterocycles. The van der Waals surface area contributed by atoms with Crippen molar-refractivity contribution in [2.45, 2.75) is 65.0 Å². The summed E-state index contributed by atoms with van der Waals surface area (Å²) in [5, 5.41) is 9.11. The van der Waals surface area contributed by atoms with Crippen molar-refractivity contribution >= 4 is 11.9 Å². The molecular formula is C30H35FN2. The van der Waals surface area contributed by atoms with Gasteiger partial charge in [0.15, 0.2) is 0 Å². The Hall–Kier alpha value is -3.07. The highest BCUT2D eigenvalue weighted by atomic mass is 19.1. The van der Waals surface area contributed by atoms with Crippen molar-refractivity contribution in [3.63, 3.8) is 0 Å². The van der Waals surface area contributed by atoms with Crippen LogP contribution in [0.15, 0.2) is 89.1 Å². The van der Waals surface area contributed by atoms with Crippen LogP contribution in [0.5, 0.6) is 0 Å². The summed E-state index contributed by atoms with van der Waals surface area (Å²) in [4.78, 5) is 0. The summed E-state index contributed by atoms with van der Waals surface area (Å²) in [7, 11) is 0. The predicted octanol–water partition coefficient (Wildman–Crippen LogP) is 7.97. The number of nitrogens with zero attached hydrogens (tertiary/aromatic N) is 2. The van der Waals surface area contributed by atoms with Crippen LogP contribution in [0.3, 0.4) is 0 Å². The van der Waals surface area contributed by atoms with Gasteiger partial charge in [0.05, 0.1) is 6.21 Å². The van der Waals surface area contributed by atoms with Gasteiger partial charge in [-0.2, -0.15) is 5.10 Å². The van der Waals surface area contributed by atoms with Crippen molar-refractivity contribution in [3.05, 3.63) is 107 Å². The van der Waals surface area contributed by atoms with Crippen LogP contribution in [0, 0.1) is 0 Å². The monoisotopic (exact) mass is 442 g/mol. The highest BCUT2D eigenvalue weighted by Gasteiger charge is 2.10. The predicted molar refractivity (Wildman–Crippen MR) is 139 cm³/mol. The minimum atomic E-state index is -0.787. The number of aryl methyl sites for hydroxylation is 1. The molecule has 33 heavy (non-hydrogen) atoms. The van der Waals surface area contributed by atoms with E-state index in [9.17, 15) is 4.39 Å². The molecule has 0 heterocycles. The number of alkyl halides is 1. The van der Waals surface area contributed by atoms with Gasteiger partial charge in [-0.25, -0.2) is 4.39 Å². The van der Waals surface area contributed by atoms with Crippen molar-refractivity contribution in [1.29, 1.82) is 0 Å². The summed E-state index contributed by atoms with van der Waals surface area (Å²) in [6.07, 6.45) is 7.69. The molecule has 3 heteroatoms. The Kier molecular flexibility index (Phi) is 10.0. The van der Waals surface area contributed by atoms with Gasteiger partial charge in [-0.3, -0.25) is 0 Å². The highest BCUT2D eigenvalue weighted by Crippen LogP contribution is 2.16. The minimum absolute atomic E-state index is 0.457. The van der Waals surface area contributed by atoms with Crippen LogP contribution in [0.4, 0.5) is 4.39 Å². The third kappa shape index (κ3) is 7.78. The van der Waals surface area contributed by atoms with Crippen LogP contribution in [0.2, 0.25) is 0 Å². The van der Waals surface area contributed by atoms with E-state index >= 15 is 0 Å². The van der Waals surface area contributed by atoms with Crippen LogP contribution in [-0.2, 0) is 12.8 Å². The second-order valence-corrected chi connectivity index (χ2v) is 8.50. The van der Waals surface area contributed by atoms with Gasteiger partial charge in [-0.15, -0.1) is 5.10 Å². The SMILES string of the molecule is CCCCCc1ccccc1C=NN=C(c1ccccc1)c1ccc(CC(F)CCC)cc1. The largest absolute Gasteiger partial charge is 0.247 e. The van der Waals surface area contributed by atoms with Gasteiger partial charge < -0.3 is 0 Å². The molecule has 3 aromatic rings. The average Bonchev–Trinajstić information content (AvgIpc) is 2.84. The Labute approximate surface area is 198 Å². The van der Waals surface area contributed by atoms with Crippen molar-refractivity contribution in [3.8, 4) is 0 Å². The van der Waals surface area contributed by atoms with Gasteiger partial charge in [-0.05, 0) is 36.0 Å². The first kappa shape index (κ1) is 24.6. The second kappa shape index (κ2) is 13.5. The zero-order valence-electron chi connectivity index (χ0n) is 19.9. The summed E-state index contributed by atoms with van der Waals surface area (Å²) < 4.78 is 14.0. The van der Waals surface area contributed by atoms with E-state index in [1.807, 2.05) is 73.8 Å². The number of halogens is 1. The topological polar surface area (TPSA) is 24.7 Å². The van der Waals surface area contributed by atoms with Gasteiger partial charge in [0.1, 0.15) is 11.9 Å². The summed E-state index contributed by atoms with van der Waals surface area (Å²) >= 11 is 0. The summed E-state index contributed by atoms with van der Waals surface area (Å²) in [6.45, 7) is 4.24. The fourth-order valence-corrected chi connectivity index (χ4v) is 3.95. The molecule has 172 valence electrons. The van der Waals surface area contributed by atoms with Crippen LogP contribution >= 0.6 is 0 Å². The summed E-state index contributed by atoms with van der Waals surface area (Å²) in [5.74, 6) is 0. The van der Waals surface area contributed by atoms with E-state index in [4.69, 9.17) is 0 Å². The third-order valence-electron chi connectivity index (χ3n) is 5.79. The first-order valence-electron chi connectivity index (χ1n) is 12.2. The normalized spacial score (nSPS) is 12.9. The molecule has 0 N–H and O–H groups in total. The molecule has 0 saturated carbocycles. The molecule has 0 aromatic heterocycles. The van der Waals surface area contributed by atoms with E-state index in [1.165, 1.54) is 24.8 Å². The van der Waals surface area contributed by atoms with Crippen LogP contribution in [0.25, 0.3) is 0 Å². The molecule has 0 bridgehead atoms. The van der Waals surface area contributed by atoms with Gasteiger partial charge in [0.25, 0.3) is 0 Å². The number of unbranched alkanes of at least 4 members (excludes halogenated alkanes) is 2. The lowest BCUT2D eigenvalue weighted by Crippen LogP contribution is -2.06. The zero-order chi connectivity index (χ0) is 23.3. The molecular weight excluding hydrogens is 407 g/mol. The van der Waals surface area contributed by atoms with E-state index in [2.05, 4.69) is 35.3 Å². The fraction of sp³-hybridized carbons (Fsp3) is 0.333. The minimum Gasteiger partial charge on any atom is -0.247 e. The lowest BCUT2D eigenvalue weighted by Gasteiger charge is -2.09. The first-order chi connectivity index (χ1) is 16.2.